The number of amides is 3. The molecular formula is C18H30N4O5. The molecule has 27 heavy (non-hydrogen) atoms. The zero-order valence-corrected chi connectivity index (χ0v) is 16.2. The van der Waals surface area contributed by atoms with E-state index in [1.165, 1.54) is 12.2 Å². The van der Waals surface area contributed by atoms with Gasteiger partial charge >= 0.3 is 12.1 Å². The van der Waals surface area contributed by atoms with Crippen molar-refractivity contribution in [3.63, 3.8) is 0 Å². The summed E-state index contributed by atoms with van der Waals surface area (Å²) in [5, 5.41) is 6.04. The van der Waals surface area contributed by atoms with Crippen LogP contribution in [0.2, 0.25) is 0 Å². The molecule has 0 heterocycles. The zero-order valence-electron chi connectivity index (χ0n) is 16.2. The van der Waals surface area contributed by atoms with Crippen molar-refractivity contribution in [1.82, 2.24) is 10.3 Å². The van der Waals surface area contributed by atoms with Crippen LogP contribution in [0.1, 0.15) is 71.6 Å². The monoisotopic (exact) mass is 382 g/mol. The first-order chi connectivity index (χ1) is 13.1. The van der Waals surface area contributed by atoms with E-state index in [1.54, 1.807) is 0 Å². The Morgan fingerprint density at radius 3 is 2.41 bits per heavy atom. The Kier molecular flexibility index (Phi) is 15.4. The van der Waals surface area contributed by atoms with E-state index in [2.05, 4.69) is 22.3 Å². The van der Waals surface area contributed by atoms with Crippen LogP contribution < -0.4 is 5.32 Å². The van der Waals surface area contributed by atoms with Crippen LogP contribution in [0, 0.1) is 0 Å². The Morgan fingerprint density at radius 2 is 1.78 bits per heavy atom. The minimum atomic E-state index is -0.981. The summed E-state index contributed by atoms with van der Waals surface area (Å²) in [6, 6.07) is -0.822. The molecule has 0 aromatic carbocycles. The fourth-order valence-electron chi connectivity index (χ4n) is 2.36. The van der Waals surface area contributed by atoms with Gasteiger partial charge in [0, 0.05) is 6.54 Å². The Hall–Kier alpha value is -2.50. The third kappa shape index (κ3) is 12.5. The quantitative estimate of drug-likeness (QED) is 0.213. The van der Waals surface area contributed by atoms with E-state index in [1.807, 2.05) is 6.92 Å². The highest BCUT2D eigenvalue weighted by molar-refractivity contribution is 5.90. The average Bonchev–Trinajstić information content (AvgIpc) is 2.67. The number of imide groups is 1. The number of hydrogen-bond donors (Lipinski definition) is 1. The molecule has 0 aliphatic rings. The predicted octanol–water partition coefficient (Wildman–Crippen LogP) is 3.64. The van der Waals surface area contributed by atoms with Gasteiger partial charge < -0.3 is 10.1 Å². The molecule has 0 fully saturated rings. The number of hydrogen-bond acceptors (Lipinski definition) is 7. The minimum absolute atomic E-state index is 0.321. The van der Waals surface area contributed by atoms with E-state index < -0.39 is 12.1 Å². The van der Waals surface area contributed by atoms with Crippen LogP contribution in [0.25, 0.3) is 0 Å². The van der Waals surface area contributed by atoms with Crippen LogP contribution >= 0.6 is 0 Å². The summed E-state index contributed by atoms with van der Waals surface area (Å²) in [6.07, 6.45) is 8.83. The van der Waals surface area contributed by atoms with E-state index in [-0.39, 0.29) is 6.10 Å². The van der Waals surface area contributed by atoms with Crippen molar-refractivity contribution in [3.8, 4) is 0 Å². The highest BCUT2D eigenvalue weighted by atomic mass is 16.6. The van der Waals surface area contributed by atoms with Gasteiger partial charge in [0.1, 0.15) is 6.10 Å². The highest BCUT2D eigenvalue weighted by Crippen LogP contribution is 2.12. The molecule has 1 atom stereocenters. The highest BCUT2D eigenvalue weighted by Gasteiger charge is 2.25. The molecule has 1 N–H and O–H groups in total. The van der Waals surface area contributed by atoms with Crippen molar-refractivity contribution < 1.29 is 23.9 Å². The van der Waals surface area contributed by atoms with Crippen LogP contribution in [0.4, 0.5) is 9.59 Å². The molecule has 0 spiro atoms. The smallest absolute Gasteiger partial charge is 0.440 e. The Morgan fingerprint density at radius 1 is 1.04 bits per heavy atom. The number of urea groups is 1. The van der Waals surface area contributed by atoms with Crippen molar-refractivity contribution >= 4 is 24.3 Å². The maximum atomic E-state index is 12.1. The van der Waals surface area contributed by atoms with Crippen molar-refractivity contribution in [3.05, 3.63) is 0 Å². The molecule has 9 heteroatoms. The Bertz CT molecular complexity index is 528. The van der Waals surface area contributed by atoms with E-state index in [4.69, 9.17) is 4.74 Å². The second-order valence-corrected chi connectivity index (χ2v) is 6.03. The van der Waals surface area contributed by atoms with Crippen molar-refractivity contribution in [2.45, 2.75) is 77.7 Å². The summed E-state index contributed by atoms with van der Waals surface area (Å²) in [7, 11) is 0. The number of carbonyl (C=O) groups is 2. The zero-order chi connectivity index (χ0) is 20.3. The summed E-state index contributed by atoms with van der Waals surface area (Å²) in [6.45, 7) is 4.73. The Balaban J connectivity index is 4.33. The third-order valence-corrected chi connectivity index (χ3v) is 3.90. The lowest BCUT2D eigenvalue weighted by molar-refractivity contribution is 0.0639. The van der Waals surface area contributed by atoms with E-state index in [0.717, 1.165) is 38.5 Å². The molecule has 0 aromatic rings. The van der Waals surface area contributed by atoms with Gasteiger partial charge in [0.15, 0.2) is 0 Å². The largest absolute Gasteiger partial charge is 0.444 e. The molecule has 152 valence electrons. The van der Waals surface area contributed by atoms with E-state index in [9.17, 15) is 19.2 Å². The number of nitrogens with one attached hydrogen (secondary N) is 1. The molecule has 0 aliphatic heterocycles. The number of isocyanates is 2. The summed E-state index contributed by atoms with van der Waals surface area (Å²) >= 11 is 0. The Labute approximate surface area is 160 Å². The van der Waals surface area contributed by atoms with Crippen LogP contribution in [0.5, 0.6) is 0 Å². The van der Waals surface area contributed by atoms with Gasteiger partial charge in [0.25, 0.3) is 6.08 Å². The maximum absolute atomic E-state index is 12.1. The molecule has 0 saturated carbocycles. The molecule has 0 aliphatic carbocycles. The molecule has 3 amide bonds. The molecule has 1 unspecified atom stereocenters. The van der Waals surface area contributed by atoms with Crippen LogP contribution in [0.15, 0.2) is 10.1 Å². The van der Waals surface area contributed by atoms with Gasteiger partial charge in [-0.05, 0) is 32.1 Å². The fraction of sp³-hybridized carbons (Fsp3) is 0.778. The van der Waals surface area contributed by atoms with E-state index >= 15 is 0 Å². The second-order valence-electron chi connectivity index (χ2n) is 6.03. The summed E-state index contributed by atoms with van der Waals surface area (Å²) in [5.41, 5.74) is 0. The van der Waals surface area contributed by atoms with E-state index in [0.29, 0.717) is 37.4 Å². The van der Waals surface area contributed by atoms with Crippen LogP contribution in [-0.4, -0.2) is 48.5 Å². The van der Waals surface area contributed by atoms with Crippen LogP contribution in [0.3, 0.4) is 0 Å². The number of aliphatic imine (C=N–C) groups is 1. The molecule has 0 aromatic heterocycles. The number of nitrogens with zero attached hydrogens (tertiary/aromatic N) is 3. The van der Waals surface area contributed by atoms with Crippen molar-refractivity contribution in [2.24, 2.45) is 10.1 Å². The lowest BCUT2D eigenvalue weighted by atomic mass is 10.1. The average molecular weight is 382 g/mol. The maximum Gasteiger partial charge on any atom is 0.440 e. The topological polar surface area (TPSA) is 118 Å². The first-order valence-corrected chi connectivity index (χ1v) is 9.50. The second kappa shape index (κ2) is 16.9. The van der Waals surface area contributed by atoms with Gasteiger partial charge in [-0.1, -0.05) is 44.6 Å². The molecule has 0 rings (SSSR count). The standard InChI is InChI=1S/C18H30N4O5/c1-3-5-8-11-16(4-2)27-18(26)22(21-15-24)17(25)20-13-10-7-6-9-12-19-14-23/h16H,3-13H2,1-2H3,(H,20,25). The summed E-state index contributed by atoms with van der Waals surface area (Å²) in [5.74, 6) is 0. The lowest BCUT2D eigenvalue weighted by Crippen LogP contribution is -2.42. The molecule has 0 radical (unpaired) electrons. The van der Waals surface area contributed by atoms with Gasteiger partial charge in [-0.15, -0.1) is 5.01 Å². The molecule has 0 bridgehead atoms. The number of ether oxygens (including phenoxy) is 1. The van der Waals surface area contributed by atoms with Crippen molar-refractivity contribution in [2.75, 3.05) is 13.1 Å². The predicted molar refractivity (Wildman–Crippen MR) is 99.5 cm³/mol. The minimum Gasteiger partial charge on any atom is -0.444 e. The molecule has 0 saturated heterocycles. The summed E-state index contributed by atoms with van der Waals surface area (Å²) < 4.78 is 5.28. The number of rotatable bonds is 14. The summed E-state index contributed by atoms with van der Waals surface area (Å²) in [4.78, 5) is 48.1. The first-order valence-electron chi connectivity index (χ1n) is 9.50. The van der Waals surface area contributed by atoms with Crippen molar-refractivity contribution in [1.29, 1.82) is 0 Å². The molecule has 9 nitrogen and oxygen atoms in total. The van der Waals surface area contributed by atoms with Gasteiger partial charge in [-0.25, -0.2) is 24.2 Å². The van der Waals surface area contributed by atoms with Gasteiger partial charge in [0.2, 0.25) is 6.08 Å². The van der Waals surface area contributed by atoms with Gasteiger partial charge in [-0.3, -0.25) is 0 Å². The first kappa shape index (κ1) is 24.5. The van der Waals surface area contributed by atoms with Gasteiger partial charge in [0.05, 0.1) is 6.54 Å². The fourth-order valence-corrected chi connectivity index (χ4v) is 2.36. The third-order valence-electron chi connectivity index (χ3n) is 3.90. The molecular weight excluding hydrogens is 352 g/mol. The lowest BCUT2D eigenvalue weighted by Gasteiger charge is -2.19. The van der Waals surface area contributed by atoms with Crippen LogP contribution in [-0.2, 0) is 14.3 Å². The van der Waals surface area contributed by atoms with Gasteiger partial charge in [-0.2, -0.15) is 0 Å². The number of carbonyl (C=O) groups excluding carboxylic acids is 4. The normalized spacial score (nSPS) is 10.9. The number of hydrazone groups is 1. The number of unbranched alkanes of at least 4 members (excludes halogenated alkanes) is 5. The SMILES string of the molecule is CCCCCC(CC)OC(=O)N(N=C=O)C(=O)NCCCCCCN=C=O.